The third-order valence-corrected chi connectivity index (χ3v) is 1.79. The van der Waals surface area contributed by atoms with Crippen molar-refractivity contribution >= 4 is 5.69 Å². The number of nitrogens with two attached hydrogens (primary N) is 1. The third-order valence-electron chi connectivity index (χ3n) is 1.79. The maximum Gasteiger partial charge on any atom is 0.310 e. The van der Waals surface area contributed by atoms with E-state index in [1.165, 1.54) is 12.1 Å². The number of rotatable bonds is 3. The molecule has 0 fully saturated rings. The Morgan fingerprint density at radius 3 is 2.71 bits per heavy atom. The van der Waals surface area contributed by atoms with Crippen molar-refractivity contribution in [2.45, 2.75) is 19.4 Å². The van der Waals surface area contributed by atoms with Crippen molar-refractivity contribution in [2.75, 3.05) is 0 Å². The van der Waals surface area contributed by atoms with Crippen LogP contribution in [0, 0.1) is 10.1 Å². The van der Waals surface area contributed by atoms with Crippen LogP contribution in [0.25, 0.3) is 0 Å². The number of nitrogens with zero attached hydrogens (tertiary/aromatic N) is 1. The van der Waals surface area contributed by atoms with E-state index in [9.17, 15) is 15.2 Å². The van der Waals surface area contributed by atoms with E-state index < -0.39 is 4.92 Å². The Kier molecular flexibility index (Phi) is 3.03. The number of aromatic hydroxyl groups is 1. The summed E-state index contributed by atoms with van der Waals surface area (Å²) in [7, 11) is 0. The molecule has 14 heavy (non-hydrogen) atoms. The monoisotopic (exact) mass is 196 g/mol. The molecular weight excluding hydrogens is 184 g/mol. The van der Waals surface area contributed by atoms with Gasteiger partial charge < -0.3 is 10.8 Å². The Balaban J connectivity index is 2.94. The number of benzene rings is 1. The summed E-state index contributed by atoms with van der Waals surface area (Å²) in [6.45, 7) is 1.83. The van der Waals surface area contributed by atoms with Crippen molar-refractivity contribution < 1.29 is 10.0 Å². The molecule has 3 N–H and O–H groups in total. The molecule has 76 valence electrons. The molecule has 0 saturated carbocycles. The Morgan fingerprint density at radius 2 is 2.29 bits per heavy atom. The summed E-state index contributed by atoms with van der Waals surface area (Å²) < 4.78 is 0. The molecule has 0 aromatic heterocycles. The van der Waals surface area contributed by atoms with Gasteiger partial charge in [0.25, 0.3) is 0 Å². The molecule has 5 heteroatoms. The third kappa shape index (κ3) is 2.43. The largest absolute Gasteiger partial charge is 0.502 e. The van der Waals surface area contributed by atoms with Gasteiger partial charge in [0.1, 0.15) is 0 Å². The van der Waals surface area contributed by atoms with Crippen LogP contribution in [0.15, 0.2) is 18.2 Å². The van der Waals surface area contributed by atoms with Crippen molar-refractivity contribution in [2.24, 2.45) is 5.73 Å². The fourth-order valence-corrected chi connectivity index (χ4v) is 1.22. The van der Waals surface area contributed by atoms with Crippen molar-refractivity contribution in [3.05, 3.63) is 33.9 Å². The molecule has 0 aliphatic rings. The van der Waals surface area contributed by atoms with Crippen LogP contribution >= 0.6 is 0 Å². The zero-order valence-corrected chi connectivity index (χ0v) is 7.80. The van der Waals surface area contributed by atoms with Gasteiger partial charge in [0.2, 0.25) is 0 Å². The van der Waals surface area contributed by atoms with E-state index in [1.807, 2.05) is 6.92 Å². The summed E-state index contributed by atoms with van der Waals surface area (Å²) in [6, 6.07) is 4.23. The standard InChI is InChI=1S/C9H12N2O3/c1-6(10)4-7-2-3-8(11(13)14)9(12)5-7/h2-3,5-6,12H,4,10H2,1H3/t6-/m0/s1. The van der Waals surface area contributed by atoms with Gasteiger partial charge in [-0.05, 0) is 25.0 Å². The molecule has 1 rings (SSSR count). The number of hydrogen-bond acceptors (Lipinski definition) is 4. The maximum atomic E-state index is 10.4. The lowest BCUT2D eigenvalue weighted by Gasteiger charge is -2.05. The number of hydrogen-bond donors (Lipinski definition) is 2. The van der Waals surface area contributed by atoms with Crippen LogP contribution in [0.5, 0.6) is 5.75 Å². The lowest BCUT2D eigenvalue weighted by atomic mass is 10.1. The average Bonchev–Trinajstić information content (AvgIpc) is 2.01. The molecule has 0 spiro atoms. The first-order valence-electron chi connectivity index (χ1n) is 4.22. The number of nitro groups is 1. The maximum absolute atomic E-state index is 10.4. The normalized spacial score (nSPS) is 12.4. The zero-order chi connectivity index (χ0) is 10.7. The number of nitro benzene ring substituents is 1. The van der Waals surface area contributed by atoms with Crippen LogP contribution in [0.3, 0.4) is 0 Å². The highest BCUT2D eigenvalue weighted by Crippen LogP contribution is 2.26. The van der Waals surface area contributed by atoms with E-state index in [0.29, 0.717) is 6.42 Å². The van der Waals surface area contributed by atoms with Gasteiger partial charge in [-0.1, -0.05) is 6.07 Å². The van der Waals surface area contributed by atoms with Gasteiger partial charge in [-0.2, -0.15) is 0 Å². The summed E-state index contributed by atoms with van der Waals surface area (Å²) in [5.74, 6) is -0.312. The lowest BCUT2D eigenvalue weighted by Crippen LogP contribution is -2.17. The highest BCUT2D eigenvalue weighted by molar-refractivity contribution is 5.47. The highest BCUT2D eigenvalue weighted by atomic mass is 16.6. The smallest absolute Gasteiger partial charge is 0.310 e. The second kappa shape index (κ2) is 4.06. The van der Waals surface area contributed by atoms with E-state index in [-0.39, 0.29) is 17.5 Å². The van der Waals surface area contributed by atoms with Crippen LogP contribution in [0.2, 0.25) is 0 Å². The van der Waals surface area contributed by atoms with Crippen molar-refractivity contribution in [1.82, 2.24) is 0 Å². The quantitative estimate of drug-likeness (QED) is 0.561. The van der Waals surface area contributed by atoms with Gasteiger partial charge in [-0.3, -0.25) is 10.1 Å². The summed E-state index contributed by atoms with van der Waals surface area (Å²) in [6.07, 6.45) is 0.589. The fourth-order valence-electron chi connectivity index (χ4n) is 1.22. The van der Waals surface area contributed by atoms with Crippen molar-refractivity contribution in [3.8, 4) is 5.75 Å². The Morgan fingerprint density at radius 1 is 1.64 bits per heavy atom. The summed E-state index contributed by atoms with van der Waals surface area (Å²) in [5, 5.41) is 19.7. The molecule has 0 heterocycles. The molecule has 0 unspecified atom stereocenters. The van der Waals surface area contributed by atoms with E-state index >= 15 is 0 Å². The minimum Gasteiger partial charge on any atom is -0.502 e. The predicted molar refractivity (Wildman–Crippen MR) is 52.1 cm³/mol. The van der Waals surface area contributed by atoms with Crippen LogP contribution in [-0.2, 0) is 6.42 Å². The summed E-state index contributed by atoms with van der Waals surface area (Å²) in [5.41, 5.74) is 6.07. The first kappa shape index (κ1) is 10.5. The lowest BCUT2D eigenvalue weighted by molar-refractivity contribution is -0.385. The SMILES string of the molecule is C[C@H](N)Cc1ccc([N+](=O)[O-])c(O)c1. The molecule has 1 atom stereocenters. The fraction of sp³-hybridized carbons (Fsp3) is 0.333. The van der Waals surface area contributed by atoms with Crippen LogP contribution in [-0.4, -0.2) is 16.1 Å². The Hall–Kier alpha value is -1.62. The highest BCUT2D eigenvalue weighted by Gasteiger charge is 2.12. The second-order valence-corrected chi connectivity index (χ2v) is 3.26. The van der Waals surface area contributed by atoms with Crippen molar-refractivity contribution in [3.63, 3.8) is 0 Å². The molecule has 5 nitrogen and oxygen atoms in total. The average molecular weight is 196 g/mol. The van der Waals surface area contributed by atoms with Gasteiger partial charge in [0, 0.05) is 12.1 Å². The first-order valence-corrected chi connectivity index (χ1v) is 4.22. The molecule has 0 aliphatic carbocycles. The van der Waals surface area contributed by atoms with E-state index in [2.05, 4.69) is 0 Å². The van der Waals surface area contributed by atoms with E-state index in [0.717, 1.165) is 5.56 Å². The summed E-state index contributed by atoms with van der Waals surface area (Å²) >= 11 is 0. The molecule has 0 radical (unpaired) electrons. The first-order chi connectivity index (χ1) is 6.50. The Labute approximate surface area is 81.3 Å². The number of phenolic OH excluding ortho intramolecular Hbond substituents is 1. The topological polar surface area (TPSA) is 89.4 Å². The second-order valence-electron chi connectivity index (χ2n) is 3.26. The van der Waals surface area contributed by atoms with Gasteiger partial charge in [0.15, 0.2) is 5.75 Å². The molecule has 1 aromatic rings. The molecule has 1 aromatic carbocycles. The molecule has 0 aliphatic heterocycles. The van der Waals surface area contributed by atoms with E-state index in [1.54, 1.807) is 6.07 Å². The van der Waals surface area contributed by atoms with Gasteiger partial charge in [-0.25, -0.2) is 0 Å². The van der Waals surface area contributed by atoms with Crippen molar-refractivity contribution in [1.29, 1.82) is 0 Å². The van der Waals surface area contributed by atoms with Gasteiger partial charge in [0.05, 0.1) is 4.92 Å². The molecular formula is C9H12N2O3. The van der Waals surface area contributed by atoms with Crippen LogP contribution < -0.4 is 5.73 Å². The van der Waals surface area contributed by atoms with Gasteiger partial charge >= 0.3 is 5.69 Å². The zero-order valence-electron chi connectivity index (χ0n) is 7.80. The van der Waals surface area contributed by atoms with E-state index in [4.69, 9.17) is 5.73 Å². The minimum absolute atomic E-state index is 0.0316. The number of phenols is 1. The molecule has 0 amide bonds. The predicted octanol–water partition coefficient (Wildman–Crippen LogP) is 1.19. The molecule has 0 saturated heterocycles. The Bertz CT molecular complexity index is 350. The van der Waals surface area contributed by atoms with Crippen LogP contribution in [0.4, 0.5) is 5.69 Å². The van der Waals surface area contributed by atoms with Crippen LogP contribution in [0.1, 0.15) is 12.5 Å². The molecule has 0 bridgehead atoms. The summed E-state index contributed by atoms with van der Waals surface area (Å²) in [4.78, 5) is 9.76. The minimum atomic E-state index is -0.620. The van der Waals surface area contributed by atoms with Gasteiger partial charge in [-0.15, -0.1) is 0 Å².